The van der Waals surface area contributed by atoms with Gasteiger partial charge in [-0.1, -0.05) is 11.3 Å². The van der Waals surface area contributed by atoms with E-state index in [1.165, 1.54) is 24.5 Å². The van der Waals surface area contributed by atoms with Crippen molar-refractivity contribution in [3.8, 4) is 16.3 Å². The van der Waals surface area contributed by atoms with Crippen LogP contribution in [0.2, 0.25) is 0 Å². The van der Waals surface area contributed by atoms with Gasteiger partial charge in [0.15, 0.2) is 8.76 Å². The molecule has 0 saturated carbocycles. The van der Waals surface area contributed by atoms with Crippen molar-refractivity contribution in [2.75, 3.05) is 7.11 Å². The van der Waals surface area contributed by atoms with Crippen molar-refractivity contribution in [1.29, 1.82) is 0 Å². The van der Waals surface area contributed by atoms with E-state index in [0.717, 1.165) is 8.58 Å². The lowest BCUT2D eigenvalue weighted by atomic mass is 10.2. The lowest BCUT2D eigenvalue weighted by Crippen LogP contribution is -1.93. The number of ether oxygens (including phenoxy) is 1. The van der Waals surface area contributed by atoms with E-state index in [-0.39, 0.29) is 11.4 Å². The molecule has 2 rings (SSSR count). The fourth-order valence-corrected chi connectivity index (χ4v) is 2.58. The molecule has 8 heteroatoms. The molecule has 0 fully saturated rings. The molecular formula is C9H6IN3O3S. The van der Waals surface area contributed by atoms with Crippen LogP contribution in [0.5, 0.6) is 5.75 Å². The summed E-state index contributed by atoms with van der Waals surface area (Å²) in [7, 11) is 1.40. The van der Waals surface area contributed by atoms with Crippen LogP contribution in [0.3, 0.4) is 0 Å². The summed E-state index contributed by atoms with van der Waals surface area (Å²) in [6.07, 6.45) is 0. The number of methoxy groups -OCH3 is 1. The first kappa shape index (κ1) is 12.2. The molecule has 0 aliphatic rings. The van der Waals surface area contributed by atoms with Crippen LogP contribution < -0.4 is 4.74 Å². The van der Waals surface area contributed by atoms with Crippen molar-refractivity contribution in [2.45, 2.75) is 0 Å². The monoisotopic (exact) mass is 363 g/mol. The van der Waals surface area contributed by atoms with Gasteiger partial charge in [0.05, 0.1) is 12.0 Å². The third-order valence-corrected chi connectivity index (χ3v) is 3.66. The van der Waals surface area contributed by atoms with Gasteiger partial charge in [-0.15, -0.1) is 10.2 Å². The van der Waals surface area contributed by atoms with E-state index in [9.17, 15) is 10.1 Å². The second kappa shape index (κ2) is 4.92. The lowest BCUT2D eigenvalue weighted by Gasteiger charge is -2.02. The highest BCUT2D eigenvalue weighted by atomic mass is 127. The first-order valence-electron chi connectivity index (χ1n) is 4.43. The summed E-state index contributed by atoms with van der Waals surface area (Å²) in [6.45, 7) is 0. The Labute approximate surface area is 114 Å². The molecule has 1 heterocycles. The molecule has 0 N–H and O–H groups in total. The number of rotatable bonds is 3. The second-order valence-electron chi connectivity index (χ2n) is 3.00. The predicted molar refractivity (Wildman–Crippen MR) is 71.3 cm³/mol. The molecular weight excluding hydrogens is 357 g/mol. The molecule has 0 atom stereocenters. The normalized spacial score (nSPS) is 10.2. The van der Waals surface area contributed by atoms with Gasteiger partial charge in [0, 0.05) is 11.6 Å². The van der Waals surface area contributed by atoms with Crippen LogP contribution in [-0.2, 0) is 0 Å². The van der Waals surface area contributed by atoms with Gasteiger partial charge in [-0.3, -0.25) is 10.1 Å². The van der Waals surface area contributed by atoms with Crippen LogP contribution in [0, 0.1) is 13.1 Å². The average molecular weight is 363 g/mol. The standard InChI is InChI=1S/C9H6IN3O3S/c1-16-7-4-5(2-3-6(7)13(14)15)8-11-12-9(10)17-8/h2-4H,1H3. The van der Waals surface area contributed by atoms with E-state index in [2.05, 4.69) is 32.8 Å². The van der Waals surface area contributed by atoms with E-state index in [4.69, 9.17) is 4.74 Å². The minimum Gasteiger partial charge on any atom is -0.490 e. The van der Waals surface area contributed by atoms with E-state index in [1.54, 1.807) is 12.1 Å². The van der Waals surface area contributed by atoms with E-state index in [1.807, 2.05) is 0 Å². The van der Waals surface area contributed by atoms with Crippen molar-refractivity contribution in [3.05, 3.63) is 31.3 Å². The zero-order valence-electron chi connectivity index (χ0n) is 8.58. The lowest BCUT2D eigenvalue weighted by molar-refractivity contribution is -0.385. The minimum absolute atomic E-state index is 0.0598. The molecule has 0 aliphatic heterocycles. The molecule has 0 saturated heterocycles. The maximum atomic E-state index is 10.7. The van der Waals surface area contributed by atoms with Crippen molar-refractivity contribution in [2.24, 2.45) is 0 Å². The predicted octanol–water partition coefficient (Wildman–Crippen LogP) is 2.73. The number of hydrogen-bond acceptors (Lipinski definition) is 6. The first-order valence-corrected chi connectivity index (χ1v) is 6.33. The van der Waals surface area contributed by atoms with Crippen molar-refractivity contribution in [1.82, 2.24) is 10.2 Å². The topological polar surface area (TPSA) is 78.2 Å². The summed E-state index contributed by atoms with van der Waals surface area (Å²) in [6, 6.07) is 4.63. The molecule has 88 valence electrons. The van der Waals surface area contributed by atoms with E-state index in [0.29, 0.717) is 5.01 Å². The Hall–Kier alpha value is -1.29. The van der Waals surface area contributed by atoms with Crippen LogP contribution in [-0.4, -0.2) is 22.2 Å². The van der Waals surface area contributed by atoms with Gasteiger partial charge in [-0.05, 0) is 34.7 Å². The molecule has 2 aromatic rings. The Morgan fingerprint density at radius 2 is 2.24 bits per heavy atom. The Kier molecular flexibility index (Phi) is 3.52. The molecule has 6 nitrogen and oxygen atoms in total. The highest BCUT2D eigenvalue weighted by Gasteiger charge is 2.16. The fourth-order valence-electron chi connectivity index (χ4n) is 1.28. The summed E-state index contributed by atoms with van der Waals surface area (Å²) >= 11 is 3.48. The zero-order valence-corrected chi connectivity index (χ0v) is 11.6. The van der Waals surface area contributed by atoms with Crippen molar-refractivity contribution < 1.29 is 9.66 Å². The number of nitro groups is 1. The van der Waals surface area contributed by atoms with E-state index >= 15 is 0 Å². The Morgan fingerprint density at radius 1 is 1.47 bits per heavy atom. The van der Waals surface area contributed by atoms with Gasteiger partial charge in [0.1, 0.15) is 5.01 Å². The maximum Gasteiger partial charge on any atom is 0.310 e. The first-order chi connectivity index (χ1) is 8.11. The summed E-state index contributed by atoms with van der Waals surface area (Å²) in [5.74, 6) is 0.220. The number of nitrogens with zero attached hydrogens (tertiary/aromatic N) is 3. The number of halogens is 1. The molecule has 0 radical (unpaired) electrons. The Bertz CT molecular complexity index is 572. The maximum absolute atomic E-state index is 10.7. The third kappa shape index (κ3) is 2.52. The van der Waals surface area contributed by atoms with Gasteiger partial charge in [-0.2, -0.15) is 0 Å². The molecule has 0 aliphatic carbocycles. The van der Waals surface area contributed by atoms with Gasteiger partial charge in [0.25, 0.3) is 0 Å². The number of benzene rings is 1. The zero-order chi connectivity index (χ0) is 12.4. The smallest absolute Gasteiger partial charge is 0.310 e. The highest BCUT2D eigenvalue weighted by molar-refractivity contribution is 14.1. The Balaban J connectivity index is 2.48. The summed E-state index contributed by atoms with van der Waals surface area (Å²) < 4.78 is 5.80. The molecule has 17 heavy (non-hydrogen) atoms. The van der Waals surface area contributed by atoms with E-state index < -0.39 is 4.92 Å². The van der Waals surface area contributed by atoms with Gasteiger partial charge in [-0.25, -0.2) is 0 Å². The largest absolute Gasteiger partial charge is 0.490 e. The molecule has 1 aromatic carbocycles. The quantitative estimate of drug-likeness (QED) is 0.476. The average Bonchev–Trinajstić information content (AvgIpc) is 2.75. The van der Waals surface area contributed by atoms with Crippen molar-refractivity contribution >= 4 is 39.6 Å². The molecule has 0 bridgehead atoms. The van der Waals surface area contributed by atoms with Crippen LogP contribution in [0.1, 0.15) is 0 Å². The molecule has 1 aromatic heterocycles. The van der Waals surface area contributed by atoms with Crippen LogP contribution in [0.15, 0.2) is 18.2 Å². The van der Waals surface area contributed by atoms with Gasteiger partial charge in [0.2, 0.25) is 0 Å². The Morgan fingerprint density at radius 3 is 2.76 bits per heavy atom. The van der Waals surface area contributed by atoms with Crippen LogP contribution in [0.4, 0.5) is 5.69 Å². The highest BCUT2D eigenvalue weighted by Crippen LogP contribution is 2.33. The summed E-state index contributed by atoms with van der Waals surface area (Å²) in [5, 5.41) is 19.3. The fraction of sp³-hybridized carbons (Fsp3) is 0.111. The number of aromatic nitrogens is 2. The minimum atomic E-state index is -0.480. The molecule has 0 spiro atoms. The van der Waals surface area contributed by atoms with Crippen LogP contribution in [0.25, 0.3) is 10.6 Å². The third-order valence-electron chi connectivity index (χ3n) is 2.02. The number of hydrogen-bond donors (Lipinski definition) is 0. The van der Waals surface area contributed by atoms with Gasteiger partial charge >= 0.3 is 5.69 Å². The summed E-state index contributed by atoms with van der Waals surface area (Å²) in [4.78, 5) is 10.3. The molecule has 0 unspecified atom stereocenters. The SMILES string of the molecule is COc1cc(-c2nnc(I)s2)ccc1[N+](=O)[O-]. The van der Waals surface area contributed by atoms with Crippen LogP contribution >= 0.6 is 33.9 Å². The molecule has 0 amide bonds. The summed E-state index contributed by atoms with van der Waals surface area (Å²) in [5.41, 5.74) is 0.698. The second-order valence-corrected chi connectivity index (χ2v) is 5.74. The van der Waals surface area contributed by atoms with Crippen molar-refractivity contribution in [3.63, 3.8) is 0 Å². The van der Waals surface area contributed by atoms with Gasteiger partial charge < -0.3 is 4.74 Å². The number of nitro benzene ring substituents is 1.